The highest BCUT2D eigenvalue weighted by atomic mass is 79.9. The number of thiocarbonyl (C=S) groups is 1. The summed E-state index contributed by atoms with van der Waals surface area (Å²) < 4.78 is 31.5. The van der Waals surface area contributed by atoms with Crippen molar-refractivity contribution in [1.29, 1.82) is 0 Å². The molecule has 32 heavy (non-hydrogen) atoms. The summed E-state index contributed by atoms with van der Waals surface area (Å²) in [6.07, 6.45) is 1.23. The summed E-state index contributed by atoms with van der Waals surface area (Å²) >= 11 is 12.0. The molecule has 1 amide bonds. The van der Waals surface area contributed by atoms with Crippen LogP contribution in [0.1, 0.15) is 10.4 Å². The van der Waals surface area contributed by atoms with E-state index in [9.17, 15) is 13.2 Å². The molecule has 0 unspecified atom stereocenters. The number of methoxy groups -OCH3 is 1. The highest BCUT2D eigenvalue weighted by Crippen LogP contribution is 2.32. The number of nitrogens with zero attached hydrogens (tertiary/aromatic N) is 2. The molecule has 2 aromatic rings. The molecule has 0 atom stereocenters. The van der Waals surface area contributed by atoms with Crippen LogP contribution in [0.3, 0.4) is 0 Å². The van der Waals surface area contributed by atoms with Crippen molar-refractivity contribution in [1.82, 2.24) is 9.62 Å². The van der Waals surface area contributed by atoms with Gasteiger partial charge in [-0.2, -0.15) is 4.31 Å². The zero-order valence-electron chi connectivity index (χ0n) is 17.4. The summed E-state index contributed by atoms with van der Waals surface area (Å²) in [7, 11) is -1.67. The first kappa shape index (κ1) is 24.9. The van der Waals surface area contributed by atoms with E-state index >= 15 is 0 Å². The van der Waals surface area contributed by atoms with Gasteiger partial charge in [0.15, 0.2) is 5.11 Å². The van der Waals surface area contributed by atoms with Crippen molar-refractivity contribution >= 4 is 76.5 Å². The van der Waals surface area contributed by atoms with Gasteiger partial charge in [0.25, 0.3) is 5.91 Å². The summed E-state index contributed by atoms with van der Waals surface area (Å²) in [6, 6.07) is 11.0. The van der Waals surface area contributed by atoms with Crippen molar-refractivity contribution in [2.75, 3.05) is 49.8 Å². The Morgan fingerprint density at radius 1 is 1.09 bits per heavy atom. The fourth-order valence-electron chi connectivity index (χ4n) is 3.30. The number of ether oxygens (including phenoxy) is 1. The number of amides is 1. The molecule has 0 aliphatic carbocycles. The Labute approximate surface area is 209 Å². The van der Waals surface area contributed by atoms with Crippen LogP contribution in [0.2, 0.25) is 0 Å². The van der Waals surface area contributed by atoms with Crippen molar-refractivity contribution < 1.29 is 17.9 Å². The SMILES string of the molecule is COc1c(Br)cc(Br)cc1C(=O)NC(=S)Nc1ccc(N2CCN(S(C)(=O)=O)CC2)cc1. The number of hydrogen-bond donors (Lipinski definition) is 2. The van der Waals surface area contributed by atoms with Crippen LogP contribution in [-0.2, 0) is 10.0 Å². The van der Waals surface area contributed by atoms with Gasteiger partial charge >= 0.3 is 0 Å². The lowest BCUT2D eigenvalue weighted by Crippen LogP contribution is -2.48. The number of piperazine rings is 1. The van der Waals surface area contributed by atoms with Crippen molar-refractivity contribution in [3.63, 3.8) is 0 Å². The zero-order valence-corrected chi connectivity index (χ0v) is 22.2. The second-order valence-electron chi connectivity index (χ2n) is 7.07. The van der Waals surface area contributed by atoms with E-state index < -0.39 is 15.9 Å². The number of rotatable bonds is 5. The Hall–Kier alpha value is -1.73. The van der Waals surface area contributed by atoms with E-state index in [2.05, 4.69) is 47.4 Å². The number of halogens is 2. The van der Waals surface area contributed by atoms with E-state index in [1.54, 1.807) is 12.1 Å². The molecule has 2 aromatic carbocycles. The maximum absolute atomic E-state index is 12.7. The topological polar surface area (TPSA) is 91.0 Å². The average molecular weight is 606 g/mol. The number of carbonyl (C=O) groups excluding carboxylic acids is 1. The predicted octanol–water partition coefficient (Wildman–Crippen LogP) is 3.43. The Morgan fingerprint density at radius 2 is 1.72 bits per heavy atom. The van der Waals surface area contributed by atoms with E-state index in [0.717, 1.165) is 15.8 Å². The maximum Gasteiger partial charge on any atom is 0.261 e. The molecule has 8 nitrogen and oxygen atoms in total. The van der Waals surface area contributed by atoms with Crippen LogP contribution in [0.5, 0.6) is 5.75 Å². The fraction of sp³-hybridized carbons (Fsp3) is 0.300. The minimum absolute atomic E-state index is 0.155. The first-order chi connectivity index (χ1) is 15.1. The summed E-state index contributed by atoms with van der Waals surface area (Å²) in [5, 5.41) is 5.81. The Morgan fingerprint density at radius 3 is 2.28 bits per heavy atom. The highest BCUT2D eigenvalue weighted by Gasteiger charge is 2.23. The minimum Gasteiger partial charge on any atom is -0.495 e. The van der Waals surface area contributed by atoms with Crippen LogP contribution in [0.15, 0.2) is 45.3 Å². The summed E-state index contributed by atoms with van der Waals surface area (Å²) in [4.78, 5) is 14.8. The van der Waals surface area contributed by atoms with Gasteiger partial charge in [0.2, 0.25) is 10.0 Å². The molecule has 0 saturated carbocycles. The van der Waals surface area contributed by atoms with Crippen molar-refractivity contribution in [2.24, 2.45) is 0 Å². The van der Waals surface area contributed by atoms with Crippen molar-refractivity contribution in [2.45, 2.75) is 0 Å². The van der Waals surface area contributed by atoms with Crippen molar-refractivity contribution in [3.8, 4) is 5.75 Å². The van der Waals surface area contributed by atoms with Gasteiger partial charge in [-0.25, -0.2) is 8.42 Å². The van der Waals surface area contributed by atoms with E-state index in [4.69, 9.17) is 17.0 Å². The molecule has 1 saturated heterocycles. The monoisotopic (exact) mass is 604 g/mol. The smallest absolute Gasteiger partial charge is 0.261 e. The first-order valence-electron chi connectivity index (χ1n) is 9.54. The first-order valence-corrected chi connectivity index (χ1v) is 13.4. The Kier molecular flexibility index (Phi) is 8.15. The largest absolute Gasteiger partial charge is 0.495 e. The van der Waals surface area contributed by atoms with Crippen LogP contribution in [0.4, 0.5) is 11.4 Å². The molecule has 0 aromatic heterocycles. The second kappa shape index (κ2) is 10.5. The van der Waals surface area contributed by atoms with Crippen LogP contribution in [0.25, 0.3) is 0 Å². The number of hydrogen-bond acceptors (Lipinski definition) is 6. The lowest BCUT2D eigenvalue weighted by molar-refractivity contribution is 0.0974. The van der Waals surface area contributed by atoms with E-state index in [1.807, 2.05) is 24.3 Å². The van der Waals surface area contributed by atoms with Crippen LogP contribution >= 0.6 is 44.1 Å². The molecule has 12 heteroatoms. The van der Waals surface area contributed by atoms with Crippen LogP contribution in [0, 0.1) is 0 Å². The van der Waals surface area contributed by atoms with Crippen LogP contribution < -0.4 is 20.3 Å². The molecule has 0 spiro atoms. The van der Waals surface area contributed by atoms with E-state index in [1.165, 1.54) is 17.7 Å². The van der Waals surface area contributed by atoms with Crippen LogP contribution in [-0.4, -0.2) is 63.3 Å². The number of anilines is 2. The molecule has 1 aliphatic rings. The number of nitrogens with one attached hydrogen (secondary N) is 2. The molecule has 0 radical (unpaired) electrons. The standard InChI is InChI=1S/C20H22Br2N4O4S2/c1-30-18-16(11-13(21)12-17(18)22)19(27)24-20(31)23-14-3-5-15(6-4-14)25-7-9-26(10-8-25)32(2,28)29/h3-6,11-12H,7-10H2,1-2H3,(H2,23,24,27,31). The van der Waals surface area contributed by atoms with Gasteiger partial charge in [0.05, 0.1) is 23.4 Å². The normalized spacial score (nSPS) is 14.7. The molecule has 1 heterocycles. The third kappa shape index (κ3) is 6.19. The molecule has 1 aliphatic heterocycles. The van der Waals surface area contributed by atoms with E-state index in [0.29, 0.717) is 42.0 Å². The van der Waals surface area contributed by atoms with Gasteiger partial charge < -0.3 is 15.0 Å². The van der Waals surface area contributed by atoms with Gasteiger partial charge in [0.1, 0.15) is 5.75 Å². The second-order valence-corrected chi connectivity index (χ2v) is 11.2. The van der Waals surface area contributed by atoms with Gasteiger partial charge in [-0.3, -0.25) is 10.1 Å². The molecule has 172 valence electrons. The zero-order chi connectivity index (χ0) is 23.5. The van der Waals surface area contributed by atoms with Gasteiger partial charge in [-0.05, 0) is 64.5 Å². The Bertz CT molecular complexity index is 1120. The number of sulfonamides is 1. The lowest BCUT2D eigenvalue weighted by Gasteiger charge is -2.34. The number of benzene rings is 2. The summed E-state index contributed by atoms with van der Waals surface area (Å²) in [5.74, 6) is 0.00976. The van der Waals surface area contributed by atoms with E-state index in [-0.39, 0.29) is 5.11 Å². The third-order valence-corrected chi connectivity index (χ3v) is 7.44. The summed E-state index contributed by atoms with van der Waals surface area (Å²) in [6.45, 7) is 2.17. The third-order valence-electron chi connectivity index (χ3n) is 4.88. The molecular weight excluding hydrogens is 584 g/mol. The average Bonchev–Trinajstić information content (AvgIpc) is 2.73. The Balaban J connectivity index is 1.59. The maximum atomic E-state index is 12.7. The molecule has 3 rings (SSSR count). The molecule has 2 N–H and O–H groups in total. The van der Waals surface area contributed by atoms with Gasteiger partial charge in [-0.1, -0.05) is 15.9 Å². The molecule has 1 fully saturated rings. The minimum atomic E-state index is -3.16. The number of carbonyl (C=O) groups is 1. The van der Waals surface area contributed by atoms with Gasteiger partial charge in [0, 0.05) is 42.0 Å². The van der Waals surface area contributed by atoms with Crippen molar-refractivity contribution in [3.05, 3.63) is 50.9 Å². The highest BCUT2D eigenvalue weighted by molar-refractivity contribution is 9.11. The summed E-state index contributed by atoms with van der Waals surface area (Å²) in [5.41, 5.74) is 2.04. The molecular formula is C20H22Br2N4O4S2. The predicted molar refractivity (Wildman–Crippen MR) is 137 cm³/mol. The quantitative estimate of drug-likeness (QED) is 0.505. The fourth-order valence-corrected chi connectivity index (χ4v) is 5.73. The van der Waals surface area contributed by atoms with Gasteiger partial charge in [-0.15, -0.1) is 0 Å². The lowest BCUT2D eigenvalue weighted by atomic mass is 10.2. The molecule has 0 bridgehead atoms.